The Morgan fingerprint density at radius 3 is 2.87 bits per heavy atom. The fourth-order valence-corrected chi connectivity index (χ4v) is 1.55. The third kappa shape index (κ3) is 1.59. The molecule has 0 aliphatic heterocycles. The molecule has 5 heteroatoms. The zero-order chi connectivity index (χ0) is 10.9. The van der Waals surface area contributed by atoms with Crippen LogP contribution in [0.3, 0.4) is 0 Å². The van der Waals surface area contributed by atoms with Crippen molar-refractivity contribution in [3.05, 3.63) is 12.0 Å². The van der Waals surface area contributed by atoms with E-state index in [2.05, 4.69) is 16.4 Å². The Labute approximate surface area is 87.1 Å². The molecule has 1 aromatic heterocycles. The van der Waals surface area contributed by atoms with Crippen molar-refractivity contribution in [2.75, 3.05) is 5.32 Å². The number of carbonyl (C=O) groups is 1. The van der Waals surface area contributed by atoms with E-state index in [1.807, 2.05) is 0 Å². The molecular formula is C10H11N3O2. The van der Waals surface area contributed by atoms with E-state index in [1.54, 1.807) is 6.92 Å². The highest BCUT2D eigenvalue weighted by molar-refractivity contribution is 5.96. The zero-order valence-electron chi connectivity index (χ0n) is 8.41. The summed E-state index contributed by atoms with van der Waals surface area (Å²) in [5.74, 6) is -0.307. The lowest BCUT2D eigenvalue weighted by Gasteiger charge is -2.32. The number of aromatic nitrogens is 1. The molecule has 1 amide bonds. The molecule has 1 saturated carbocycles. The molecule has 2 rings (SSSR count). The number of oxazole rings is 1. The van der Waals surface area contributed by atoms with Crippen molar-refractivity contribution < 1.29 is 9.21 Å². The Balaban J connectivity index is 2.07. The Kier molecular flexibility index (Phi) is 2.19. The van der Waals surface area contributed by atoms with Crippen molar-refractivity contribution in [1.82, 2.24) is 4.98 Å². The molecule has 0 atom stereocenters. The van der Waals surface area contributed by atoms with E-state index in [4.69, 9.17) is 9.68 Å². The van der Waals surface area contributed by atoms with Gasteiger partial charge < -0.3 is 4.42 Å². The van der Waals surface area contributed by atoms with Crippen LogP contribution >= 0.6 is 0 Å². The van der Waals surface area contributed by atoms with Crippen molar-refractivity contribution in [3.63, 3.8) is 0 Å². The fraction of sp³-hybridized carbons (Fsp3) is 0.500. The first-order valence-electron chi connectivity index (χ1n) is 4.81. The molecule has 1 heterocycles. The van der Waals surface area contributed by atoms with Crippen LogP contribution in [0.1, 0.15) is 25.0 Å². The molecule has 0 saturated heterocycles. The second-order valence-corrected chi connectivity index (χ2v) is 3.80. The molecule has 0 aromatic carbocycles. The molecule has 1 aliphatic rings. The van der Waals surface area contributed by atoms with E-state index < -0.39 is 5.41 Å². The maximum Gasteiger partial charge on any atom is 0.301 e. The molecule has 78 valence electrons. The monoisotopic (exact) mass is 205 g/mol. The molecule has 5 nitrogen and oxygen atoms in total. The lowest BCUT2D eigenvalue weighted by molar-refractivity contribution is -0.126. The van der Waals surface area contributed by atoms with Gasteiger partial charge in [-0.2, -0.15) is 10.2 Å². The largest absolute Gasteiger partial charge is 0.432 e. The van der Waals surface area contributed by atoms with Gasteiger partial charge in [0.15, 0.2) is 0 Å². The van der Waals surface area contributed by atoms with Crippen LogP contribution in [0, 0.1) is 23.7 Å². The Bertz CT molecular complexity index is 426. The van der Waals surface area contributed by atoms with Gasteiger partial charge in [-0.1, -0.05) is 0 Å². The molecule has 0 unspecified atom stereocenters. The quantitative estimate of drug-likeness (QED) is 0.795. The third-order valence-electron chi connectivity index (χ3n) is 2.70. The number of nitrogens with one attached hydrogen (secondary N) is 1. The van der Waals surface area contributed by atoms with Gasteiger partial charge in [0.2, 0.25) is 5.91 Å². The number of nitriles is 1. The average Bonchev–Trinajstić information content (AvgIpc) is 2.50. The van der Waals surface area contributed by atoms with Gasteiger partial charge >= 0.3 is 6.01 Å². The summed E-state index contributed by atoms with van der Waals surface area (Å²) in [6, 6.07) is 2.23. The molecule has 15 heavy (non-hydrogen) atoms. The summed E-state index contributed by atoms with van der Waals surface area (Å²) in [6.07, 6.45) is 3.62. The first-order chi connectivity index (χ1) is 7.16. The lowest BCUT2D eigenvalue weighted by Crippen LogP contribution is -2.40. The predicted molar refractivity (Wildman–Crippen MR) is 51.8 cm³/mol. The second-order valence-electron chi connectivity index (χ2n) is 3.80. The number of nitrogens with zero attached hydrogens (tertiary/aromatic N) is 2. The van der Waals surface area contributed by atoms with Crippen molar-refractivity contribution in [3.8, 4) is 6.07 Å². The molecule has 1 N–H and O–H groups in total. The summed E-state index contributed by atoms with van der Waals surface area (Å²) in [5, 5.41) is 11.4. The van der Waals surface area contributed by atoms with Crippen molar-refractivity contribution in [2.24, 2.45) is 5.41 Å². The molecule has 0 radical (unpaired) electrons. The van der Waals surface area contributed by atoms with Gasteiger partial charge in [-0.3, -0.25) is 10.1 Å². The van der Waals surface area contributed by atoms with Crippen LogP contribution in [0.25, 0.3) is 0 Å². The zero-order valence-corrected chi connectivity index (χ0v) is 8.41. The number of hydrogen-bond acceptors (Lipinski definition) is 4. The van der Waals surface area contributed by atoms with Gasteiger partial charge in [0, 0.05) is 0 Å². The maximum absolute atomic E-state index is 11.7. The minimum absolute atomic E-state index is 0.166. The number of amides is 1. The minimum atomic E-state index is -0.859. The van der Waals surface area contributed by atoms with Crippen LogP contribution in [0.2, 0.25) is 0 Å². The van der Waals surface area contributed by atoms with Gasteiger partial charge in [0.05, 0.1) is 11.8 Å². The fourth-order valence-electron chi connectivity index (χ4n) is 1.55. The second kappa shape index (κ2) is 3.39. The summed E-state index contributed by atoms with van der Waals surface area (Å²) in [6.45, 7) is 1.77. The Hall–Kier alpha value is -1.83. The number of aryl methyl sites for hydroxylation is 1. The molecule has 1 fully saturated rings. The summed E-state index contributed by atoms with van der Waals surface area (Å²) in [4.78, 5) is 15.7. The van der Waals surface area contributed by atoms with Crippen LogP contribution in [0.4, 0.5) is 6.01 Å². The standard InChI is InChI=1S/C10H11N3O2/c1-7-5-15-9(12-7)13-8(14)10(6-11)3-2-4-10/h5H,2-4H2,1H3,(H,12,13,14). The third-order valence-corrected chi connectivity index (χ3v) is 2.70. The van der Waals surface area contributed by atoms with Gasteiger partial charge in [0.1, 0.15) is 11.7 Å². The van der Waals surface area contributed by atoms with E-state index >= 15 is 0 Å². The van der Waals surface area contributed by atoms with Gasteiger partial charge in [-0.25, -0.2) is 0 Å². The molecular weight excluding hydrogens is 194 g/mol. The summed E-state index contributed by atoms with van der Waals surface area (Å²) in [7, 11) is 0. The molecule has 0 bridgehead atoms. The smallest absolute Gasteiger partial charge is 0.301 e. The number of anilines is 1. The number of carbonyl (C=O) groups excluding carboxylic acids is 1. The lowest BCUT2D eigenvalue weighted by atomic mass is 9.69. The van der Waals surface area contributed by atoms with Gasteiger partial charge in [0.25, 0.3) is 0 Å². The predicted octanol–water partition coefficient (Wildman–Crippen LogP) is 1.62. The summed E-state index contributed by atoms with van der Waals surface area (Å²) < 4.78 is 4.99. The van der Waals surface area contributed by atoms with Crippen LogP contribution < -0.4 is 5.32 Å². The topological polar surface area (TPSA) is 78.9 Å². The number of rotatable bonds is 2. The van der Waals surface area contributed by atoms with E-state index in [0.717, 1.165) is 6.42 Å². The number of hydrogen-bond donors (Lipinski definition) is 1. The Morgan fingerprint density at radius 1 is 1.73 bits per heavy atom. The molecule has 1 aliphatic carbocycles. The highest BCUT2D eigenvalue weighted by Gasteiger charge is 2.45. The SMILES string of the molecule is Cc1coc(NC(=O)C2(C#N)CCC2)n1. The average molecular weight is 205 g/mol. The van der Waals surface area contributed by atoms with Crippen molar-refractivity contribution in [2.45, 2.75) is 26.2 Å². The van der Waals surface area contributed by atoms with Crippen molar-refractivity contribution in [1.29, 1.82) is 5.26 Å². The highest BCUT2D eigenvalue weighted by Crippen LogP contribution is 2.41. The molecule has 1 aromatic rings. The van der Waals surface area contributed by atoms with Crippen molar-refractivity contribution >= 4 is 11.9 Å². The summed E-state index contributed by atoms with van der Waals surface area (Å²) in [5.41, 5.74) is -0.160. The van der Waals surface area contributed by atoms with E-state index in [1.165, 1.54) is 6.26 Å². The molecule has 0 spiro atoms. The first kappa shape index (κ1) is 9.71. The van der Waals surface area contributed by atoms with Gasteiger partial charge in [-0.05, 0) is 26.2 Å². The minimum Gasteiger partial charge on any atom is -0.432 e. The van der Waals surface area contributed by atoms with E-state index in [9.17, 15) is 4.79 Å². The van der Waals surface area contributed by atoms with E-state index in [-0.39, 0.29) is 11.9 Å². The highest BCUT2D eigenvalue weighted by atomic mass is 16.4. The van der Waals surface area contributed by atoms with Crippen LogP contribution in [0.15, 0.2) is 10.7 Å². The van der Waals surface area contributed by atoms with Crippen LogP contribution in [-0.2, 0) is 4.79 Å². The normalized spacial score (nSPS) is 17.6. The summed E-state index contributed by atoms with van der Waals surface area (Å²) >= 11 is 0. The van der Waals surface area contributed by atoms with E-state index in [0.29, 0.717) is 18.5 Å². The Morgan fingerprint density at radius 2 is 2.47 bits per heavy atom. The maximum atomic E-state index is 11.7. The van der Waals surface area contributed by atoms with Crippen LogP contribution in [0.5, 0.6) is 0 Å². The van der Waals surface area contributed by atoms with Crippen LogP contribution in [-0.4, -0.2) is 10.9 Å². The first-order valence-corrected chi connectivity index (χ1v) is 4.81. The van der Waals surface area contributed by atoms with Gasteiger partial charge in [-0.15, -0.1) is 0 Å².